The number of rotatable bonds is 4. The van der Waals surface area contributed by atoms with Crippen LogP contribution in [-0.4, -0.2) is 26.2 Å². The van der Waals surface area contributed by atoms with E-state index < -0.39 is 0 Å². The highest BCUT2D eigenvalue weighted by molar-refractivity contribution is 5.67. The number of ether oxygens (including phenoxy) is 1. The van der Waals surface area contributed by atoms with Crippen molar-refractivity contribution in [2.45, 2.75) is 20.8 Å². The number of nitrogens with zero attached hydrogens (tertiary/aromatic N) is 4. The average Bonchev–Trinajstić information content (AvgIpc) is 2.93. The van der Waals surface area contributed by atoms with Crippen molar-refractivity contribution in [3.05, 3.63) is 41.9 Å². The molecule has 6 heteroatoms. The number of aromatic nitrogens is 4. The predicted molar refractivity (Wildman–Crippen MR) is 81.1 cm³/mol. The number of fused-ring (bicyclic) bond motifs is 1. The molecule has 3 aromatic rings. The third-order valence-corrected chi connectivity index (χ3v) is 3.35. The summed E-state index contributed by atoms with van der Waals surface area (Å²) >= 11 is 0. The average molecular weight is 283 g/mol. The van der Waals surface area contributed by atoms with Gasteiger partial charge in [-0.25, -0.2) is 4.98 Å². The third kappa shape index (κ3) is 2.40. The van der Waals surface area contributed by atoms with Gasteiger partial charge in [0.2, 0.25) is 0 Å². The van der Waals surface area contributed by atoms with E-state index in [1.807, 2.05) is 45.0 Å². The molecule has 21 heavy (non-hydrogen) atoms. The van der Waals surface area contributed by atoms with E-state index in [9.17, 15) is 0 Å². The van der Waals surface area contributed by atoms with Gasteiger partial charge in [0.15, 0.2) is 0 Å². The van der Waals surface area contributed by atoms with Crippen molar-refractivity contribution in [2.24, 2.45) is 0 Å². The van der Waals surface area contributed by atoms with Crippen molar-refractivity contribution in [1.29, 1.82) is 0 Å². The number of aryl methyl sites for hydroxylation is 1. The molecule has 0 amide bonds. The fourth-order valence-electron chi connectivity index (χ4n) is 2.16. The largest absolute Gasteiger partial charge is 0.492 e. The molecule has 2 aromatic heterocycles. The normalized spacial score (nSPS) is 10.8. The van der Waals surface area contributed by atoms with Crippen molar-refractivity contribution in [2.75, 3.05) is 11.9 Å². The Morgan fingerprint density at radius 2 is 2.05 bits per heavy atom. The molecule has 0 aliphatic carbocycles. The van der Waals surface area contributed by atoms with Crippen LogP contribution < -0.4 is 10.1 Å². The molecule has 1 N–H and O–H groups in total. The van der Waals surface area contributed by atoms with Crippen molar-refractivity contribution < 1.29 is 4.74 Å². The second kappa shape index (κ2) is 5.40. The third-order valence-electron chi connectivity index (χ3n) is 3.35. The van der Waals surface area contributed by atoms with Gasteiger partial charge in [0, 0.05) is 11.3 Å². The maximum atomic E-state index is 5.65. The first kappa shape index (κ1) is 13.4. The lowest BCUT2D eigenvalue weighted by Gasteiger charge is -2.15. The molecule has 108 valence electrons. The summed E-state index contributed by atoms with van der Waals surface area (Å²) in [5, 5.41) is 7.62. The Bertz CT molecular complexity index is 781. The van der Waals surface area contributed by atoms with Crippen molar-refractivity contribution in [1.82, 2.24) is 19.6 Å². The lowest BCUT2D eigenvalue weighted by molar-refractivity contribution is 0.342. The summed E-state index contributed by atoms with van der Waals surface area (Å²) in [6.45, 7) is 6.55. The van der Waals surface area contributed by atoms with E-state index in [0.29, 0.717) is 12.4 Å². The Kier molecular flexibility index (Phi) is 3.43. The number of hydrogen-bond acceptors (Lipinski definition) is 5. The Hall–Kier alpha value is -2.63. The van der Waals surface area contributed by atoms with Gasteiger partial charge >= 0.3 is 0 Å². The summed E-state index contributed by atoms with van der Waals surface area (Å²) in [5.74, 6) is 2.23. The van der Waals surface area contributed by atoms with Crippen LogP contribution in [0.4, 0.5) is 11.5 Å². The van der Waals surface area contributed by atoms with Crippen molar-refractivity contribution in [3.8, 4) is 5.75 Å². The number of benzene rings is 1. The quantitative estimate of drug-likeness (QED) is 0.797. The Morgan fingerprint density at radius 1 is 1.24 bits per heavy atom. The smallest absolute Gasteiger partial charge is 0.254 e. The highest BCUT2D eigenvalue weighted by Gasteiger charge is 2.12. The van der Waals surface area contributed by atoms with Crippen LogP contribution in [0, 0.1) is 13.8 Å². The van der Waals surface area contributed by atoms with E-state index in [2.05, 4.69) is 20.4 Å². The fraction of sp³-hybridized carbons (Fsp3) is 0.267. The molecular formula is C15H17N5O. The fourth-order valence-corrected chi connectivity index (χ4v) is 2.16. The van der Waals surface area contributed by atoms with E-state index in [4.69, 9.17) is 4.74 Å². The highest BCUT2D eigenvalue weighted by atomic mass is 16.5. The van der Waals surface area contributed by atoms with Crippen molar-refractivity contribution in [3.63, 3.8) is 0 Å². The van der Waals surface area contributed by atoms with Gasteiger partial charge < -0.3 is 10.1 Å². The Balaban J connectivity index is 2.10. The summed E-state index contributed by atoms with van der Waals surface area (Å²) in [4.78, 5) is 8.57. The molecule has 0 saturated carbocycles. The van der Waals surface area contributed by atoms with Crippen LogP contribution in [0.15, 0.2) is 30.6 Å². The lowest BCUT2D eigenvalue weighted by Crippen LogP contribution is -2.07. The maximum absolute atomic E-state index is 5.65. The standard InChI is InChI=1S/C15H17N5O/c1-4-21-13-8-6-5-7-12(13)19-14-10(2)11(3)18-15-16-9-17-20(14)15/h5-9,19H,4H2,1-3H3. The van der Waals surface area contributed by atoms with Gasteiger partial charge in [-0.3, -0.25) is 0 Å². The second-order valence-electron chi connectivity index (χ2n) is 4.70. The van der Waals surface area contributed by atoms with Crippen LogP contribution in [0.5, 0.6) is 5.75 Å². The summed E-state index contributed by atoms with van der Waals surface area (Å²) in [6, 6.07) is 7.83. The summed E-state index contributed by atoms with van der Waals surface area (Å²) < 4.78 is 7.35. The number of hydrogen-bond donors (Lipinski definition) is 1. The zero-order chi connectivity index (χ0) is 14.8. The minimum atomic E-state index is 0.578. The summed E-state index contributed by atoms with van der Waals surface area (Å²) in [6.07, 6.45) is 1.50. The summed E-state index contributed by atoms with van der Waals surface area (Å²) in [5.41, 5.74) is 2.84. The van der Waals surface area contributed by atoms with Gasteiger partial charge in [0.05, 0.1) is 12.3 Å². The number of nitrogens with one attached hydrogen (secondary N) is 1. The van der Waals surface area contributed by atoms with E-state index in [1.54, 1.807) is 4.52 Å². The first-order chi connectivity index (χ1) is 10.2. The van der Waals surface area contributed by atoms with Gasteiger partial charge in [-0.15, -0.1) is 0 Å². The van der Waals surface area contributed by atoms with Crippen LogP contribution in [-0.2, 0) is 0 Å². The van der Waals surface area contributed by atoms with Gasteiger partial charge in [-0.05, 0) is 32.9 Å². The van der Waals surface area contributed by atoms with Gasteiger partial charge in [0.1, 0.15) is 17.9 Å². The molecule has 2 heterocycles. The van der Waals surface area contributed by atoms with Crippen LogP contribution in [0.25, 0.3) is 5.78 Å². The molecule has 1 aromatic carbocycles. The first-order valence-electron chi connectivity index (χ1n) is 6.86. The molecule has 0 radical (unpaired) electrons. The topological polar surface area (TPSA) is 64.3 Å². The van der Waals surface area contributed by atoms with Gasteiger partial charge in [-0.1, -0.05) is 12.1 Å². The van der Waals surface area contributed by atoms with E-state index in [-0.39, 0.29) is 0 Å². The molecular weight excluding hydrogens is 266 g/mol. The van der Waals surface area contributed by atoms with Gasteiger partial charge in [0.25, 0.3) is 5.78 Å². The SMILES string of the molecule is CCOc1ccccc1Nc1c(C)c(C)nc2ncnn12. The zero-order valence-electron chi connectivity index (χ0n) is 12.3. The number of para-hydroxylation sites is 2. The second-order valence-corrected chi connectivity index (χ2v) is 4.70. The summed E-state index contributed by atoms with van der Waals surface area (Å²) in [7, 11) is 0. The first-order valence-corrected chi connectivity index (χ1v) is 6.86. The predicted octanol–water partition coefficient (Wildman–Crippen LogP) is 2.88. The molecule has 0 bridgehead atoms. The molecule has 6 nitrogen and oxygen atoms in total. The Labute approximate surface area is 122 Å². The zero-order valence-corrected chi connectivity index (χ0v) is 12.3. The molecule has 0 aliphatic rings. The Morgan fingerprint density at radius 3 is 2.86 bits per heavy atom. The molecule has 0 unspecified atom stereocenters. The van der Waals surface area contributed by atoms with Crippen LogP contribution in [0.2, 0.25) is 0 Å². The number of anilines is 2. The van der Waals surface area contributed by atoms with Gasteiger partial charge in [-0.2, -0.15) is 14.6 Å². The van der Waals surface area contributed by atoms with Crippen LogP contribution in [0.3, 0.4) is 0 Å². The molecule has 3 rings (SSSR count). The molecule has 0 spiro atoms. The molecule has 0 atom stereocenters. The highest BCUT2D eigenvalue weighted by Crippen LogP contribution is 2.29. The molecule has 0 fully saturated rings. The lowest BCUT2D eigenvalue weighted by atomic mass is 10.2. The van der Waals surface area contributed by atoms with Crippen LogP contribution >= 0.6 is 0 Å². The molecule has 0 saturated heterocycles. The maximum Gasteiger partial charge on any atom is 0.254 e. The van der Waals surface area contributed by atoms with E-state index in [1.165, 1.54) is 6.33 Å². The molecule has 0 aliphatic heterocycles. The van der Waals surface area contributed by atoms with Crippen LogP contribution in [0.1, 0.15) is 18.2 Å². The van der Waals surface area contributed by atoms with Crippen molar-refractivity contribution >= 4 is 17.3 Å². The van der Waals surface area contributed by atoms with E-state index in [0.717, 1.165) is 28.5 Å². The minimum absolute atomic E-state index is 0.578. The monoisotopic (exact) mass is 283 g/mol. The van der Waals surface area contributed by atoms with E-state index >= 15 is 0 Å². The minimum Gasteiger partial charge on any atom is -0.492 e.